The molecule has 1 fully saturated rings. The molecule has 1 aromatic carbocycles. The lowest BCUT2D eigenvalue weighted by molar-refractivity contribution is -0.528. The van der Waals surface area contributed by atoms with E-state index >= 15 is 0 Å². The zero-order valence-corrected chi connectivity index (χ0v) is 12.5. The molecular weight excluding hydrogens is 294 g/mol. The summed E-state index contributed by atoms with van der Waals surface area (Å²) in [6.45, 7) is 3.77. The number of methoxy groups -OCH3 is 1. The Hall–Kier alpha value is -1.73. The summed E-state index contributed by atoms with van der Waals surface area (Å²) in [5, 5.41) is 10.2. The van der Waals surface area contributed by atoms with Crippen molar-refractivity contribution < 1.29 is 18.1 Å². The Morgan fingerprint density at radius 1 is 1.38 bits per heavy atom. The van der Waals surface area contributed by atoms with Crippen LogP contribution in [0.3, 0.4) is 0 Å². The first-order chi connectivity index (χ1) is 9.89. The molecule has 7 heteroatoms. The molecule has 0 bridgehead atoms. The van der Waals surface area contributed by atoms with Crippen molar-refractivity contribution in [2.24, 2.45) is 5.92 Å². The summed E-state index contributed by atoms with van der Waals surface area (Å²) in [6, 6.07) is 6.98. The van der Waals surface area contributed by atoms with Gasteiger partial charge in [-0.1, -0.05) is 30.4 Å². The summed E-state index contributed by atoms with van der Waals surface area (Å²) in [7, 11) is -2.30. The fraction of sp³-hybridized carbons (Fsp3) is 0.429. The number of ether oxygens (including phenoxy) is 1. The Morgan fingerprint density at radius 3 is 2.52 bits per heavy atom. The highest BCUT2D eigenvalue weighted by Gasteiger charge is 2.52. The van der Waals surface area contributed by atoms with E-state index in [1.54, 1.807) is 18.2 Å². The second-order valence-corrected chi connectivity index (χ2v) is 7.18. The molecule has 0 spiro atoms. The molecule has 114 valence electrons. The maximum Gasteiger partial charge on any atom is 0.223 e. The van der Waals surface area contributed by atoms with Crippen molar-refractivity contribution in [2.45, 2.75) is 22.6 Å². The third-order valence-corrected chi connectivity index (χ3v) is 6.07. The molecule has 1 aliphatic carbocycles. The van der Waals surface area contributed by atoms with Crippen LogP contribution in [-0.4, -0.2) is 38.3 Å². The second kappa shape index (κ2) is 5.95. The topological polar surface area (TPSA) is 86.5 Å². The van der Waals surface area contributed by atoms with Crippen molar-refractivity contribution >= 4 is 9.84 Å². The van der Waals surface area contributed by atoms with Gasteiger partial charge in [0.25, 0.3) is 0 Å². The number of nitrogens with zero attached hydrogens (tertiary/aromatic N) is 1. The highest BCUT2D eigenvalue weighted by atomic mass is 32.2. The number of hydrogen-bond donors (Lipinski definition) is 0. The number of rotatable bonds is 5. The minimum atomic E-state index is -3.71. The molecule has 1 saturated carbocycles. The van der Waals surface area contributed by atoms with E-state index in [1.807, 2.05) is 0 Å². The summed E-state index contributed by atoms with van der Waals surface area (Å²) < 4.78 is 30.5. The second-order valence-electron chi connectivity index (χ2n) is 5.11. The smallest absolute Gasteiger partial charge is 0.223 e. The summed E-state index contributed by atoms with van der Waals surface area (Å²) in [6.07, 6.45) is 0.0672. The molecular formula is C14H17NO5S. The van der Waals surface area contributed by atoms with Crippen LogP contribution in [0.4, 0.5) is 0 Å². The fourth-order valence-corrected chi connectivity index (χ4v) is 4.95. The minimum Gasteiger partial charge on any atom is -0.384 e. The SMILES string of the molecule is C=C1C[C@H]([N+](=O)[O-])[C@H](COC)[C@H]1S(=O)(=O)c1ccccc1. The van der Waals surface area contributed by atoms with Crippen LogP contribution in [0.1, 0.15) is 6.42 Å². The van der Waals surface area contributed by atoms with E-state index in [2.05, 4.69) is 6.58 Å². The monoisotopic (exact) mass is 311 g/mol. The zero-order valence-electron chi connectivity index (χ0n) is 11.6. The summed E-state index contributed by atoms with van der Waals surface area (Å²) in [4.78, 5) is 10.9. The molecule has 0 N–H and O–H groups in total. The van der Waals surface area contributed by atoms with E-state index in [1.165, 1.54) is 19.2 Å². The van der Waals surface area contributed by atoms with Gasteiger partial charge >= 0.3 is 0 Å². The van der Waals surface area contributed by atoms with Crippen LogP contribution in [0.5, 0.6) is 0 Å². The van der Waals surface area contributed by atoms with Gasteiger partial charge < -0.3 is 4.74 Å². The van der Waals surface area contributed by atoms with Crippen molar-refractivity contribution in [2.75, 3.05) is 13.7 Å². The van der Waals surface area contributed by atoms with Gasteiger partial charge in [-0.05, 0) is 12.1 Å². The quantitative estimate of drug-likeness (QED) is 0.469. The molecule has 0 saturated heterocycles. The molecule has 0 aliphatic heterocycles. The van der Waals surface area contributed by atoms with E-state index in [-0.39, 0.29) is 17.9 Å². The molecule has 1 aliphatic rings. The van der Waals surface area contributed by atoms with Crippen LogP contribution in [0.15, 0.2) is 47.4 Å². The molecule has 21 heavy (non-hydrogen) atoms. The fourth-order valence-electron chi connectivity index (χ4n) is 2.87. The molecule has 3 atom stereocenters. The van der Waals surface area contributed by atoms with Crippen LogP contribution >= 0.6 is 0 Å². The van der Waals surface area contributed by atoms with Gasteiger partial charge in [-0.25, -0.2) is 8.42 Å². The maximum atomic E-state index is 12.8. The van der Waals surface area contributed by atoms with Gasteiger partial charge in [0.2, 0.25) is 6.04 Å². The van der Waals surface area contributed by atoms with Crippen LogP contribution in [0, 0.1) is 16.0 Å². The van der Waals surface area contributed by atoms with Crippen molar-refractivity contribution in [3.8, 4) is 0 Å². The molecule has 0 unspecified atom stereocenters. The number of benzene rings is 1. The van der Waals surface area contributed by atoms with Gasteiger partial charge in [-0.3, -0.25) is 10.1 Å². The lowest BCUT2D eigenvalue weighted by Gasteiger charge is -2.20. The lowest BCUT2D eigenvalue weighted by Crippen LogP contribution is -2.37. The Morgan fingerprint density at radius 2 is 2.00 bits per heavy atom. The van der Waals surface area contributed by atoms with E-state index in [9.17, 15) is 18.5 Å². The van der Waals surface area contributed by atoms with Crippen molar-refractivity contribution in [3.05, 3.63) is 52.6 Å². The van der Waals surface area contributed by atoms with Crippen molar-refractivity contribution in [1.82, 2.24) is 0 Å². The Labute approximate surface area is 123 Å². The highest BCUT2D eigenvalue weighted by molar-refractivity contribution is 7.92. The standard InChI is InChI=1S/C14H17NO5S/c1-10-8-13(15(16)17)12(9-20-2)14(10)21(18,19)11-6-4-3-5-7-11/h3-7,12-14H,1,8-9H2,2H3/t12-,13-,14-/m0/s1. The Kier molecular flexibility index (Phi) is 4.43. The largest absolute Gasteiger partial charge is 0.384 e. The van der Waals surface area contributed by atoms with Crippen LogP contribution < -0.4 is 0 Å². The molecule has 0 amide bonds. The lowest BCUT2D eigenvalue weighted by atomic mass is 10.1. The third-order valence-electron chi connectivity index (χ3n) is 3.79. The Balaban J connectivity index is 2.45. The molecule has 1 aromatic rings. The summed E-state index contributed by atoms with van der Waals surface area (Å²) >= 11 is 0. The molecule has 2 rings (SSSR count). The first-order valence-corrected chi connectivity index (χ1v) is 8.03. The van der Waals surface area contributed by atoms with Gasteiger partial charge in [-0.15, -0.1) is 0 Å². The van der Waals surface area contributed by atoms with Gasteiger partial charge in [0.1, 0.15) is 0 Å². The van der Waals surface area contributed by atoms with E-state index in [4.69, 9.17) is 4.74 Å². The zero-order chi connectivity index (χ0) is 15.6. The molecule has 6 nitrogen and oxygen atoms in total. The predicted octanol–water partition coefficient (Wildman–Crippen LogP) is 1.70. The molecule has 0 aromatic heterocycles. The average molecular weight is 311 g/mol. The van der Waals surface area contributed by atoms with Gasteiger partial charge in [0.05, 0.1) is 22.7 Å². The van der Waals surface area contributed by atoms with Crippen LogP contribution in [-0.2, 0) is 14.6 Å². The first-order valence-electron chi connectivity index (χ1n) is 6.48. The summed E-state index contributed by atoms with van der Waals surface area (Å²) in [5.74, 6) is -0.720. The van der Waals surface area contributed by atoms with E-state index < -0.39 is 32.0 Å². The maximum absolute atomic E-state index is 12.8. The van der Waals surface area contributed by atoms with Crippen molar-refractivity contribution in [1.29, 1.82) is 0 Å². The minimum absolute atomic E-state index is 0.0153. The van der Waals surface area contributed by atoms with Gasteiger partial charge in [0, 0.05) is 18.5 Å². The van der Waals surface area contributed by atoms with E-state index in [0.29, 0.717) is 5.57 Å². The third kappa shape index (κ3) is 2.84. The summed E-state index contributed by atoms with van der Waals surface area (Å²) in [5.41, 5.74) is 0.377. The van der Waals surface area contributed by atoms with Crippen LogP contribution in [0.2, 0.25) is 0 Å². The normalized spacial score (nSPS) is 26.0. The Bertz CT molecular complexity index is 641. The van der Waals surface area contributed by atoms with Crippen LogP contribution in [0.25, 0.3) is 0 Å². The first kappa shape index (κ1) is 15.7. The molecule has 0 radical (unpaired) electrons. The number of hydrogen-bond acceptors (Lipinski definition) is 5. The predicted molar refractivity (Wildman–Crippen MR) is 77.3 cm³/mol. The number of nitro groups is 1. The van der Waals surface area contributed by atoms with E-state index in [0.717, 1.165) is 0 Å². The van der Waals surface area contributed by atoms with Gasteiger partial charge in [-0.2, -0.15) is 0 Å². The highest BCUT2D eigenvalue weighted by Crippen LogP contribution is 2.39. The van der Waals surface area contributed by atoms with Gasteiger partial charge in [0.15, 0.2) is 9.84 Å². The molecule has 0 heterocycles. The van der Waals surface area contributed by atoms with Crippen molar-refractivity contribution in [3.63, 3.8) is 0 Å². The average Bonchev–Trinajstić information content (AvgIpc) is 2.78. The number of sulfone groups is 1.